The predicted molar refractivity (Wildman–Crippen MR) is 109 cm³/mol. The van der Waals surface area contributed by atoms with Gasteiger partial charge in [-0.15, -0.1) is 0 Å². The Morgan fingerprint density at radius 3 is 2.25 bits per heavy atom. The van der Waals surface area contributed by atoms with E-state index in [1.165, 1.54) is 5.56 Å². The number of amides is 3. The van der Waals surface area contributed by atoms with Gasteiger partial charge in [0.25, 0.3) is 0 Å². The van der Waals surface area contributed by atoms with Crippen molar-refractivity contribution in [1.29, 1.82) is 0 Å². The van der Waals surface area contributed by atoms with Gasteiger partial charge in [0, 0.05) is 58.8 Å². The van der Waals surface area contributed by atoms with Crippen LogP contribution in [0.4, 0.5) is 4.79 Å². The Balaban J connectivity index is 1.34. The molecule has 1 aromatic carbocycles. The highest BCUT2D eigenvalue weighted by Crippen LogP contribution is 2.40. The lowest BCUT2D eigenvalue weighted by Crippen LogP contribution is -2.56. The quantitative estimate of drug-likeness (QED) is 0.786. The first-order valence-electron chi connectivity index (χ1n) is 10.6. The van der Waals surface area contributed by atoms with Gasteiger partial charge in [0.05, 0.1) is 0 Å². The van der Waals surface area contributed by atoms with E-state index in [4.69, 9.17) is 0 Å². The lowest BCUT2D eigenvalue weighted by molar-refractivity contribution is -0.139. The summed E-state index contributed by atoms with van der Waals surface area (Å²) in [5.41, 5.74) is 1.37. The molecule has 3 aliphatic rings. The monoisotopic (exact) mass is 384 g/mol. The van der Waals surface area contributed by atoms with Crippen molar-refractivity contribution in [2.45, 2.75) is 32.2 Å². The summed E-state index contributed by atoms with van der Waals surface area (Å²) in [6.45, 7) is 6.74. The Kier molecular flexibility index (Phi) is 5.58. The molecular weight excluding hydrogens is 352 g/mol. The van der Waals surface area contributed by atoms with E-state index >= 15 is 0 Å². The van der Waals surface area contributed by atoms with E-state index in [2.05, 4.69) is 24.1 Å². The first-order valence-corrected chi connectivity index (χ1v) is 10.6. The number of benzene rings is 1. The first kappa shape index (κ1) is 19.2. The summed E-state index contributed by atoms with van der Waals surface area (Å²) in [6.07, 6.45) is 3.61. The molecule has 28 heavy (non-hydrogen) atoms. The SMILES string of the molecule is CN1CCN(C(=O)N2CCC3(CCC(=O)N(Cc4ccccc4)C3)CC2)CC1. The number of urea groups is 1. The van der Waals surface area contributed by atoms with E-state index in [9.17, 15) is 9.59 Å². The zero-order chi connectivity index (χ0) is 19.6. The normalized spacial score (nSPS) is 23.3. The minimum Gasteiger partial charge on any atom is -0.338 e. The number of piperidine rings is 2. The first-order chi connectivity index (χ1) is 13.5. The van der Waals surface area contributed by atoms with Crippen molar-refractivity contribution in [2.75, 3.05) is 52.9 Å². The Morgan fingerprint density at radius 2 is 1.57 bits per heavy atom. The van der Waals surface area contributed by atoms with Crippen molar-refractivity contribution in [3.63, 3.8) is 0 Å². The molecule has 0 bridgehead atoms. The summed E-state index contributed by atoms with van der Waals surface area (Å²) in [5, 5.41) is 0. The van der Waals surface area contributed by atoms with Gasteiger partial charge in [-0.2, -0.15) is 0 Å². The average Bonchev–Trinajstić information content (AvgIpc) is 2.72. The van der Waals surface area contributed by atoms with Crippen LogP contribution in [0.15, 0.2) is 30.3 Å². The standard InChI is InChI=1S/C22H32N4O2/c1-23-13-15-25(16-14-23)21(28)24-11-9-22(10-12-24)8-7-20(27)26(18-22)17-19-5-3-2-4-6-19/h2-6H,7-18H2,1H3. The molecule has 3 aliphatic heterocycles. The van der Waals surface area contributed by atoms with Crippen LogP contribution in [0.25, 0.3) is 0 Å². The minimum absolute atomic E-state index is 0.182. The van der Waals surface area contributed by atoms with E-state index in [1.54, 1.807) is 0 Å². The number of piperazine rings is 1. The lowest BCUT2D eigenvalue weighted by atomic mass is 9.72. The van der Waals surface area contributed by atoms with Gasteiger partial charge in [0.1, 0.15) is 0 Å². The molecule has 4 rings (SSSR count). The highest BCUT2D eigenvalue weighted by Gasteiger charge is 2.42. The highest BCUT2D eigenvalue weighted by atomic mass is 16.2. The van der Waals surface area contributed by atoms with Crippen molar-refractivity contribution in [2.24, 2.45) is 5.41 Å². The molecule has 0 aliphatic carbocycles. The molecule has 0 atom stereocenters. The topological polar surface area (TPSA) is 47.1 Å². The molecule has 3 heterocycles. The molecule has 0 N–H and O–H groups in total. The van der Waals surface area contributed by atoms with E-state index in [0.717, 1.165) is 65.1 Å². The number of likely N-dealkylation sites (tertiary alicyclic amines) is 2. The Hall–Kier alpha value is -2.08. The number of carbonyl (C=O) groups excluding carboxylic acids is 2. The van der Waals surface area contributed by atoms with Crippen molar-refractivity contribution in [3.05, 3.63) is 35.9 Å². The van der Waals surface area contributed by atoms with Crippen LogP contribution in [0.5, 0.6) is 0 Å². The second-order valence-corrected chi connectivity index (χ2v) is 8.80. The van der Waals surface area contributed by atoms with Crippen molar-refractivity contribution in [1.82, 2.24) is 19.6 Å². The molecule has 3 saturated heterocycles. The molecule has 1 aromatic rings. The summed E-state index contributed by atoms with van der Waals surface area (Å²) in [5.74, 6) is 0.269. The van der Waals surface area contributed by atoms with Gasteiger partial charge in [-0.1, -0.05) is 30.3 Å². The van der Waals surface area contributed by atoms with Crippen molar-refractivity contribution >= 4 is 11.9 Å². The second kappa shape index (κ2) is 8.11. The van der Waals surface area contributed by atoms with E-state index < -0.39 is 0 Å². The number of hydrogen-bond donors (Lipinski definition) is 0. The fourth-order valence-electron chi connectivity index (χ4n) is 4.83. The fourth-order valence-corrected chi connectivity index (χ4v) is 4.83. The number of likely N-dealkylation sites (N-methyl/N-ethyl adjacent to an activating group) is 1. The molecule has 0 unspecified atom stereocenters. The van der Waals surface area contributed by atoms with E-state index in [-0.39, 0.29) is 17.4 Å². The molecule has 6 heteroatoms. The molecule has 6 nitrogen and oxygen atoms in total. The molecular formula is C22H32N4O2. The van der Waals surface area contributed by atoms with E-state index in [1.807, 2.05) is 32.9 Å². The number of hydrogen-bond acceptors (Lipinski definition) is 3. The summed E-state index contributed by atoms with van der Waals surface area (Å²) in [6, 6.07) is 10.5. The molecule has 0 radical (unpaired) electrons. The summed E-state index contributed by atoms with van der Waals surface area (Å²) in [7, 11) is 2.11. The third-order valence-electron chi connectivity index (χ3n) is 6.83. The highest BCUT2D eigenvalue weighted by molar-refractivity contribution is 5.77. The largest absolute Gasteiger partial charge is 0.338 e. The van der Waals surface area contributed by atoms with Crippen molar-refractivity contribution in [3.8, 4) is 0 Å². The number of nitrogens with zero attached hydrogens (tertiary/aromatic N) is 4. The van der Waals surface area contributed by atoms with Gasteiger partial charge in [0.2, 0.25) is 5.91 Å². The third-order valence-corrected chi connectivity index (χ3v) is 6.83. The number of rotatable bonds is 2. The summed E-state index contributed by atoms with van der Waals surface area (Å²) in [4.78, 5) is 33.7. The zero-order valence-corrected chi connectivity index (χ0v) is 17.0. The van der Waals surface area contributed by atoms with Gasteiger partial charge < -0.3 is 19.6 Å². The molecule has 152 valence electrons. The average molecular weight is 385 g/mol. The second-order valence-electron chi connectivity index (χ2n) is 8.80. The Bertz CT molecular complexity index is 692. The summed E-state index contributed by atoms with van der Waals surface area (Å²) >= 11 is 0. The Morgan fingerprint density at radius 1 is 0.929 bits per heavy atom. The third kappa shape index (κ3) is 4.17. The molecule has 3 amide bonds. The van der Waals surface area contributed by atoms with Crippen LogP contribution < -0.4 is 0 Å². The van der Waals surface area contributed by atoms with Gasteiger partial charge in [-0.05, 0) is 37.3 Å². The van der Waals surface area contributed by atoms with Gasteiger partial charge >= 0.3 is 6.03 Å². The molecule has 1 spiro atoms. The Labute approximate surface area is 168 Å². The zero-order valence-electron chi connectivity index (χ0n) is 17.0. The number of carbonyl (C=O) groups is 2. The maximum absolute atomic E-state index is 12.9. The maximum Gasteiger partial charge on any atom is 0.320 e. The van der Waals surface area contributed by atoms with Crippen LogP contribution in [0, 0.1) is 5.41 Å². The minimum atomic E-state index is 0.182. The lowest BCUT2D eigenvalue weighted by Gasteiger charge is -2.48. The van der Waals surface area contributed by atoms with Crippen LogP contribution in [0.3, 0.4) is 0 Å². The van der Waals surface area contributed by atoms with Crippen LogP contribution in [-0.4, -0.2) is 84.4 Å². The predicted octanol–water partition coefficient (Wildman–Crippen LogP) is 2.26. The van der Waals surface area contributed by atoms with E-state index in [0.29, 0.717) is 13.0 Å². The molecule has 0 aromatic heterocycles. The van der Waals surface area contributed by atoms with Crippen LogP contribution in [-0.2, 0) is 11.3 Å². The van der Waals surface area contributed by atoms with Gasteiger partial charge in [-0.25, -0.2) is 4.79 Å². The smallest absolute Gasteiger partial charge is 0.320 e. The van der Waals surface area contributed by atoms with Crippen LogP contribution in [0.2, 0.25) is 0 Å². The maximum atomic E-state index is 12.9. The van der Waals surface area contributed by atoms with Gasteiger partial charge in [0.15, 0.2) is 0 Å². The van der Waals surface area contributed by atoms with Crippen LogP contribution in [0.1, 0.15) is 31.2 Å². The fraction of sp³-hybridized carbons (Fsp3) is 0.636. The molecule has 3 fully saturated rings. The molecule has 0 saturated carbocycles. The van der Waals surface area contributed by atoms with Crippen molar-refractivity contribution < 1.29 is 9.59 Å². The summed E-state index contributed by atoms with van der Waals surface area (Å²) < 4.78 is 0. The van der Waals surface area contributed by atoms with Gasteiger partial charge in [-0.3, -0.25) is 4.79 Å². The van der Waals surface area contributed by atoms with Crippen LogP contribution >= 0.6 is 0 Å².